The summed E-state index contributed by atoms with van der Waals surface area (Å²) in [5.41, 5.74) is 1.52. The standard InChI is InChI=1S/C19H19NO2/c21-18(14-8-2-1-3-9-14)16-12-6-7-13-17(16)19(22)20-15-10-4-5-11-15/h1-3,6-9,12-13,15H,4-5,10-11H2,(H,20,22). The van der Waals surface area contributed by atoms with Gasteiger partial charge in [-0.3, -0.25) is 9.59 Å². The molecule has 0 atom stereocenters. The minimum absolute atomic E-state index is 0.113. The average molecular weight is 293 g/mol. The van der Waals surface area contributed by atoms with Gasteiger partial charge in [0.2, 0.25) is 0 Å². The number of hydrogen-bond donors (Lipinski definition) is 1. The molecule has 0 radical (unpaired) electrons. The second-order valence-electron chi connectivity index (χ2n) is 5.70. The fourth-order valence-electron chi connectivity index (χ4n) is 2.96. The van der Waals surface area contributed by atoms with Crippen LogP contribution in [0.1, 0.15) is 52.0 Å². The van der Waals surface area contributed by atoms with Crippen LogP contribution in [0.2, 0.25) is 0 Å². The van der Waals surface area contributed by atoms with Gasteiger partial charge < -0.3 is 5.32 Å². The lowest BCUT2D eigenvalue weighted by Crippen LogP contribution is -2.33. The van der Waals surface area contributed by atoms with Gasteiger partial charge in [-0.2, -0.15) is 0 Å². The second-order valence-corrected chi connectivity index (χ2v) is 5.70. The van der Waals surface area contributed by atoms with Crippen molar-refractivity contribution in [3.8, 4) is 0 Å². The first kappa shape index (κ1) is 14.5. The van der Waals surface area contributed by atoms with Crippen LogP contribution in [0, 0.1) is 0 Å². The van der Waals surface area contributed by atoms with E-state index in [2.05, 4.69) is 5.32 Å². The van der Waals surface area contributed by atoms with Gasteiger partial charge in [-0.15, -0.1) is 0 Å². The zero-order valence-electron chi connectivity index (χ0n) is 12.4. The third-order valence-corrected chi connectivity index (χ3v) is 4.14. The molecular weight excluding hydrogens is 274 g/mol. The van der Waals surface area contributed by atoms with Crippen LogP contribution in [0.5, 0.6) is 0 Å². The molecule has 1 saturated carbocycles. The summed E-state index contributed by atoms with van der Waals surface area (Å²) in [6.45, 7) is 0. The van der Waals surface area contributed by atoms with E-state index >= 15 is 0 Å². The highest BCUT2D eigenvalue weighted by atomic mass is 16.2. The summed E-state index contributed by atoms with van der Waals surface area (Å²) in [6.07, 6.45) is 4.38. The van der Waals surface area contributed by atoms with Crippen LogP contribution in [-0.2, 0) is 0 Å². The van der Waals surface area contributed by atoms with Crippen LogP contribution >= 0.6 is 0 Å². The topological polar surface area (TPSA) is 46.2 Å². The molecule has 3 rings (SSSR count). The molecule has 0 bridgehead atoms. The maximum absolute atomic E-state index is 12.6. The van der Waals surface area contributed by atoms with Crippen LogP contribution in [0.3, 0.4) is 0 Å². The fraction of sp³-hybridized carbons (Fsp3) is 0.263. The van der Waals surface area contributed by atoms with Crippen LogP contribution in [0.15, 0.2) is 54.6 Å². The third-order valence-electron chi connectivity index (χ3n) is 4.14. The highest BCUT2D eigenvalue weighted by Crippen LogP contribution is 2.20. The molecule has 22 heavy (non-hydrogen) atoms. The number of carbonyl (C=O) groups excluding carboxylic acids is 2. The number of ketones is 1. The van der Waals surface area contributed by atoms with E-state index in [1.54, 1.807) is 36.4 Å². The highest BCUT2D eigenvalue weighted by molar-refractivity contribution is 6.15. The quantitative estimate of drug-likeness (QED) is 0.876. The second kappa shape index (κ2) is 6.56. The Kier molecular flexibility index (Phi) is 4.33. The number of amides is 1. The molecule has 2 aromatic carbocycles. The van der Waals surface area contributed by atoms with E-state index in [0.29, 0.717) is 16.7 Å². The summed E-state index contributed by atoms with van der Waals surface area (Å²) >= 11 is 0. The highest BCUT2D eigenvalue weighted by Gasteiger charge is 2.21. The lowest BCUT2D eigenvalue weighted by atomic mass is 9.97. The minimum Gasteiger partial charge on any atom is -0.349 e. The number of rotatable bonds is 4. The van der Waals surface area contributed by atoms with Gasteiger partial charge in [0.25, 0.3) is 5.91 Å². The summed E-state index contributed by atoms with van der Waals surface area (Å²) in [4.78, 5) is 25.1. The first-order valence-corrected chi connectivity index (χ1v) is 7.75. The average Bonchev–Trinajstić information content (AvgIpc) is 3.08. The molecule has 0 unspecified atom stereocenters. The maximum Gasteiger partial charge on any atom is 0.252 e. The van der Waals surface area contributed by atoms with Crippen LogP contribution in [0.4, 0.5) is 0 Å². The summed E-state index contributed by atoms with van der Waals surface area (Å²) < 4.78 is 0. The smallest absolute Gasteiger partial charge is 0.252 e. The van der Waals surface area contributed by atoms with Gasteiger partial charge in [0, 0.05) is 17.2 Å². The lowest BCUT2D eigenvalue weighted by Gasteiger charge is -2.14. The van der Waals surface area contributed by atoms with E-state index < -0.39 is 0 Å². The van der Waals surface area contributed by atoms with Crippen LogP contribution < -0.4 is 5.32 Å². The fourth-order valence-corrected chi connectivity index (χ4v) is 2.96. The maximum atomic E-state index is 12.6. The molecule has 0 aliphatic heterocycles. The van der Waals surface area contributed by atoms with Gasteiger partial charge in [0.1, 0.15) is 0 Å². The Morgan fingerprint density at radius 3 is 2.09 bits per heavy atom. The zero-order valence-corrected chi connectivity index (χ0v) is 12.4. The van der Waals surface area contributed by atoms with Crippen molar-refractivity contribution in [3.05, 3.63) is 71.3 Å². The molecule has 0 aromatic heterocycles. The molecule has 3 heteroatoms. The van der Waals surface area contributed by atoms with E-state index in [1.165, 1.54) is 0 Å². The molecule has 1 amide bonds. The van der Waals surface area contributed by atoms with Crippen molar-refractivity contribution in [2.45, 2.75) is 31.7 Å². The molecule has 1 fully saturated rings. The monoisotopic (exact) mass is 293 g/mol. The Balaban J connectivity index is 1.86. The summed E-state index contributed by atoms with van der Waals surface area (Å²) in [5.74, 6) is -0.260. The first-order chi connectivity index (χ1) is 10.8. The number of carbonyl (C=O) groups is 2. The zero-order chi connectivity index (χ0) is 15.4. The van der Waals surface area contributed by atoms with Crippen molar-refractivity contribution in [2.24, 2.45) is 0 Å². The van der Waals surface area contributed by atoms with E-state index in [0.717, 1.165) is 25.7 Å². The Labute approximate surface area is 130 Å². The van der Waals surface area contributed by atoms with Crippen molar-refractivity contribution in [3.63, 3.8) is 0 Å². The molecule has 1 aliphatic rings. The summed E-state index contributed by atoms with van der Waals surface area (Å²) in [5, 5.41) is 3.05. The number of benzene rings is 2. The third kappa shape index (κ3) is 3.08. The molecule has 0 heterocycles. The molecule has 0 saturated heterocycles. The van der Waals surface area contributed by atoms with E-state index in [9.17, 15) is 9.59 Å². The Morgan fingerprint density at radius 1 is 0.818 bits per heavy atom. The first-order valence-electron chi connectivity index (χ1n) is 7.75. The predicted octanol–water partition coefficient (Wildman–Crippen LogP) is 3.59. The van der Waals surface area contributed by atoms with Gasteiger partial charge in [-0.05, 0) is 18.9 Å². The molecule has 2 aromatic rings. The number of nitrogens with one attached hydrogen (secondary N) is 1. The molecular formula is C19H19NO2. The van der Waals surface area contributed by atoms with Crippen molar-refractivity contribution in [2.75, 3.05) is 0 Å². The predicted molar refractivity (Wildman–Crippen MR) is 86.0 cm³/mol. The molecule has 0 spiro atoms. The minimum atomic E-state index is -0.146. The van der Waals surface area contributed by atoms with Crippen molar-refractivity contribution < 1.29 is 9.59 Å². The molecule has 3 nitrogen and oxygen atoms in total. The number of hydrogen-bond acceptors (Lipinski definition) is 2. The van der Waals surface area contributed by atoms with E-state index in [4.69, 9.17) is 0 Å². The van der Waals surface area contributed by atoms with Crippen molar-refractivity contribution in [1.29, 1.82) is 0 Å². The molecule has 1 N–H and O–H groups in total. The Hall–Kier alpha value is -2.42. The molecule has 112 valence electrons. The summed E-state index contributed by atoms with van der Waals surface area (Å²) in [6, 6.07) is 16.3. The summed E-state index contributed by atoms with van der Waals surface area (Å²) in [7, 11) is 0. The van der Waals surface area contributed by atoms with Crippen molar-refractivity contribution in [1.82, 2.24) is 5.32 Å². The Morgan fingerprint density at radius 2 is 1.41 bits per heavy atom. The molecule has 1 aliphatic carbocycles. The van der Waals surface area contributed by atoms with E-state index in [1.807, 2.05) is 18.2 Å². The van der Waals surface area contributed by atoms with Crippen molar-refractivity contribution >= 4 is 11.7 Å². The van der Waals surface area contributed by atoms with Gasteiger partial charge in [0.15, 0.2) is 5.78 Å². The largest absolute Gasteiger partial charge is 0.349 e. The van der Waals surface area contributed by atoms with Gasteiger partial charge in [-0.1, -0.05) is 61.4 Å². The Bertz CT molecular complexity index is 673. The van der Waals surface area contributed by atoms with Gasteiger partial charge in [0.05, 0.1) is 5.56 Å². The SMILES string of the molecule is O=C(NC1CCCC1)c1ccccc1C(=O)c1ccccc1. The van der Waals surface area contributed by atoms with Crippen LogP contribution in [-0.4, -0.2) is 17.7 Å². The normalized spacial score (nSPS) is 14.7. The van der Waals surface area contributed by atoms with Crippen LogP contribution in [0.25, 0.3) is 0 Å². The van der Waals surface area contributed by atoms with E-state index in [-0.39, 0.29) is 17.7 Å². The lowest BCUT2D eigenvalue weighted by molar-refractivity contribution is 0.0927. The van der Waals surface area contributed by atoms with Gasteiger partial charge >= 0.3 is 0 Å². The van der Waals surface area contributed by atoms with Gasteiger partial charge in [-0.25, -0.2) is 0 Å².